The molecular formula is C20H27NO4. The Morgan fingerprint density at radius 1 is 1.24 bits per heavy atom. The van der Waals surface area contributed by atoms with Gasteiger partial charge in [0.15, 0.2) is 11.5 Å². The molecule has 1 aliphatic rings. The second-order valence-electron chi connectivity index (χ2n) is 6.15. The van der Waals surface area contributed by atoms with Gasteiger partial charge in [0.2, 0.25) is 0 Å². The quantitative estimate of drug-likeness (QED) is 0.688. The number of amides is 1. The molecule has 136 valence electrons. The molecule has 0 bridgehead atoms. The lowest BCUT2D eigenvalue weighted by Crippen LogP contribution is -2.32. The van der Waals surface area contributed by atoms with Gasteiger partial charge < -0.3 is 14.7 Å². The summed E-state index contributed by atoms with van der Waals surface area (Å²) in [6, 6.07) is 6.86. The topological polar surface area (TPSA) is 66.8 Å². The summed E-state index contributed by atoms with van der Waals surface area (Å²) in [7, 11) is 0. The zero-order valence-electron chi connectivity index (χ0n) is 15.2. The van der Waals surface area contributed by atoms with E-state index in [9.17, 15) is 14.7 Å². The third-order valence-corrected chi connectivity index (χ3v) is 4.41. The van der Waals surface area contributed by atoms with Crippen molar-refractivity contribution in [3.8, 4) is 5.75 Å². The summed E-state index contributed by atoms with van der Waals surface area (Å²) in [5.74, 6) is -0.374. The largest absolute Gasteiger partial charge is 0.503 e. The van der Waals surface area contributed by atoms with Crippen molar-refractivity contribution in [2.45, 2.75) is 52.5 Å². The van der Waals surface area contributed by atoms with Gasteiger partial charge in [0.25, 0.3) is 5.91 Å². The van der Waals surface area contributed by atoms with Gasteiger partial charge in [-0.05, 0) is 31.0 Å². The minimum Gasteiger partial charge on any atom is -0.503 e. The van der Waals surface area contributed by atoms with Crippen LogP contribution < -0.4 is 4.74 Å². The number of aliphatic hydroxyl groups is 1. The molecule has 0 saturated heterocycles. The van der Waals surface area contributed by atoms with E-state index in [0.717, 1.165) is 24.8 Å². The fraction of sp³-hybridized carbons (Fsp3) is 0.500. The van der Waals surface area contributed by atoms with Crippen molar-refractivity contribution in [2.24, 2.45) is 0 Å². The first-order valence-electron chi connectivity index (χ1n) is 9.05. The number of carbonyl (C=O) groups excluding carboxylic acids is 2. The lowest BCUT2D eigenvalue weighted by atomic mass is 9.95. The number of hydrogen-bond donors (Lipinski definition) is 1. The summed E-state index contributed by atoms with van der Waals surface area (Å²) in [5.41, 5.74) is 0.995. The highest BCUT2D eigenvalue weighted by molar-refractivity contribution is 6.08. The van der Waals surface area contributed by atoms with Gasteiger partial charge in [-0.2, -0.15) is 0 Å². The van der Waals surface area contributed by atoms with Gasteiger partial charge in [0.05, 0.1) is 18.2 Å². The maximum absolute atomic E-state index is 12.6. The number of ketones is 1. The summed E-state index contributed by atoms with van der Waals surface area (Å²) in [4.78, 5) is 26.6. The Morgan fingerprint density at radius 3 is 2.64 bits per heavy atom. The van der Waals surface area contributed by atoms with Gasteiger partial charge in [-0.25, -0.2) is 0 Å². The standard InChI is InChI=1S/C20H27NO4/c1-4-7-8-12-21-18(14-10-9-11-15(13-14)25-6-3)17(16(22)5-2)19(23)20(21)24/h9-11,13,18,23H,4-8,12H2,1-3H3. The molecule has 1 aromatic rings. The van der Waals surface area contributed by atoms with Crippen molar-refractivity contribution >= 4 is 11.7 Å². The molecule has 2 rings (SSSR count). The number of aliphatic hydroxyl groups excluding tert-OH is 1. The van der Waals surface area contributed by atoms with Crippen LogP contribution in [-0.2, 0) is 9.59 Å². The van der Waals surface area contributed by atoms with E-state index in [0.29, 0.717) is 18.9 Å². The van der Waals surface area contributed by atoms with E-state index in [4.69, 9.17) is 4.74 Å². The van der Waals surface area contributed by atoms with Crippen molar-refractivity contribution in [3.05, 3.63) is 41.2 Å². The number of rotatable bonds is 9. The van der Waals surface area contributed by atoms with E-state index in [1.807, 2.05) is 31.2 Å². The molecule has 1 atom stereocenters. The fourth-order valence-electron chi connectivity index (χ4n) is 3.18. The molecule has 25 heavy (non-hydrogen) atoms. The summed E-state index contributed by atoms with van der Waals surface area (Å²) in [5, 5.41) is 10.3. The predicted molar refractivity (Wildman–Crippen MR) is 96.5 cm³/mol. The van der Waals surface area contributed by atoms with Gasteiger partial charge in [-0.1, -0.05) is 38.8 Å². The number of nitrogens with zero attached hydrogens (tertiary/aromatic N) is 1. The number of carbonyl (C=O) groups is 2. The highest BCUT2D eigenvalue weighted by Gasteiger charge is 2.42. The van der Waals surface area contributed by atoms with Crippen LogP contribution in [0.25, 0.3) is 0 Å². The average Bonchev–Trinajstić information content (AvgIpc) is 2.87. The van der Waals surface area contributed by atoms with Gasteiger partial charge in [0, 0.05) is 13.0 Å². The third kappa shape index (κ3) is 4.03. The molecule has 0 fully saturated rings. The molecule has 0 aromatic heterocycles. The maximum atomic E-state index is 12.6. The van der Waals surface area contributed by atoms with Crippen LogP contribution in [0.1, 0.15) is 58.1 Å². The molecule has 5 heteroatoms. The van der Waals surface area contributed by atoms with Crippen LogP contribution >= 0.6 is 0 Å². The van der Waals surface area contributed by atoms with E-state index in [-0.39, 0.29) is 17.8 Å². The average molecular weight is 345 g/mol. The highest BCUT2D eigenvalue weighted by Crippen LogP contribution is 2.39. The first-order valence-corrected chi connectivity index (χ1v) is 9.05. The number of hydrogen-bond acceptors (Lipinski definition) is 4. The van der Waals surface area contributed by atoms with Crippen molar-refractivity contribution < 1.29 is 19.4 Å². The molecule has 0 saturated carbocycles. The molecule has 0 spiro atoms. The first kappa shape index (κ1) is 19.0. The Kier molecular flexibility index (Phi) is 6.62. The molecular weight excluding hydrogens is 318 g/mol. The molecule has 1 N–H and O–H groups in total. The third-order valence-electron chi connectivity index (χ3n) is 4.41. The highest BCUT2D eigenvalue weighted by atomic mass is 16.5. The Hall–Kier alpha value is -2.30. The zero-order valence-corrected chi connectivity index (χ0v) is 15.2. The van der Waals surface area contributed by atoms with Crippen molar-refractivity contribution in [1.29, 1.82) is 0 Å². The Bertz CT molecular complexity index is 665. The van der Waals surface area contributed by atoms with Crippen LogP contribution in [-0.4, -0.2) is 34.8 Å². The van der Waals surface area contributed by atoms with E-state index >= 15 is 0 Å². The Labute approximate surface area is 149 Å². The summed E-state index contributed by atoms with van der Waals surface area (Å²) >= 11 is 0. The lowest BCUT2D eigenvalue weighted by Gasteiger charge is -2.27. The monoisotopic (exact) mass is 345 g/mol. The molecule has 1 amide bonds. The van der Waals surface area contributed by atoms with E-state index in [1.54, 1.807) is 11.8 Å². The number of Topliss-reactive ketones (excluding diaryl/α,β-unsaturated/α-hetero) is 1. The van der Waals surface area contributed by atoms with Crippen LogP contribution in [0.3, 0.4) is 0 Å². The minimum absolute atomic E-state index is 0.198. The normalized spacial score (nSPS) is 17.3. The SMILES string of the molecule is CCCCCN1C(=O)C(O)=C(C(=O)CC)C1c1cccc(OCC)c1. The molecule has 1 unspecified atom stereocenters. The van der Waals surface area contributed by atoms with Gasteiger partial charge in [-0.3, -0.25) is 9.59 Å². The Balaban J connectivity index is 2.43. The molecule has 0 aliphatic carbocycles. The van der Waals surface area contributed by atoms with E-state index in [1.165, 1.54) is 0 Å². The van der Waals surface area contributed by atoms with E-state index in [2.05, 4.69) is 6.92 Å². The number of ether oxygens (including phenoxy) is 1. The molecule has 0 radical (unpaired) electrons. The van der Waals surface area contributed by atoms with E-state index < -0.39 is 17.7 Å². The fourth-order valence-corrected chi connectivity index (χ4v) is 3.18. The Morgan fingerprint density at radius 2 is 2.00 bits per heavy atom. The maximum Gasteiger partial charge on any atom is 0.290 e. The van der Waals surface area contributed by atoms with Crippen molar-refractivity contribution in [2.75, 3.05) is 13.2 Å². The van der Waals surface area contributed by atoms with Crippen molar-refractivity contribution in [3.63, 3.8) is 0 Å². The summed E-state index contributed by atoms with van der Waals surface area (Å²) in [6.45, 7) is 6.79. The second kappa shape index (κ2) is 8.70. The van der Waals surface area contributed by atoms with Crippen LogP contribution in [0.15, 0.2) is 35.6 Å². The molecule has 1 heterocycles. The predicted octanol–water partition coefficient (Wildman–Crippen LogP) is 3.95. The lowest BCUT2D eigenvalue weighted by molar-refractivity contribution is -0.129. The smallest absolute Gasteiger partial charge is 0.290 e. The summed E-state index contributed by atoms with van der Waals surface area (Å²) in [6.07, 6.45) is 3.11. The summed E-state index contributed by atoms with van der Waals surface area (Å²) < 4.78 is 5.55. The molecule has 1 aliphatic heterocycles. The van der Waals surface area contributed by atoms with Crippen LogP contribution in [0.5, 0.6) is 5.75 Å². The van der Waals surface area contributed by atoms with Crippen LogP contribution in [0, 0.1) is 0 Å². The number of benzene rings is 1. The second-order valence-corrected chi connectivity index (χ2v) is 6.15. The van der Waals surface area contributed by atoms with Gasteiger partial charge in [-0.15, -0.1) is 0 Å². The molecule has 5 nitrogen and oxygen atoms in total. The molecule has 1 aromatic carbocycles. The van der Waals surface area contributed by atoms with Crippen molar-refractivity contribution in [1.82, 2.24) is 4.90 Å². The zero-order chi connectivity index (χ0) is 18.4. The van der Waals surface area contributed by atoms with Gasteiger partial charge >= 0.3 is 0 Å². The van der Waals surface area contributed by atoms with Gasteiger partial charge in [0.1, 0.15) is 5.75 Å². The van der Waals surface area contributed by atoms with Crippen LogP contribution in [0.2, 0.25) is 0 Å². The minimum atomic E-state index is -0.544. The van der Waals surface area contributed by atoms with Crippen LogP contribution in [0.4, 0.5) is 0 Å². The first-order chi connectivity index (χ1) is 12.0. The number of unbranched alkanes of at least 4 members (excludes halogenated alkanes) is 2.